The Balaban J connectivity index is 1.52. The summed E-state index contributed by atoms with van der Waals surface area (Å²) < 4.78 is 25.3. The highest BCUT2D eigenvalue weighted by Gasteiger charge is 2.42. The van der Waals surface area contributed by atoms with Crippen LogP contribution in [0.5, 0.6) is 11.5 Å². The molecule has 2 heterocycles. The first kappa shape index (κ1) is 32.0. The van der Waals surface area contributed by atoms with Gasteiger partial charge in [0.05, 0.1) is 32.5 Å². The van der Waals surface area contributed by atoms with Crippen molar-refractivity contribution in [3.05, 3.63) is 135 Å². The van der Waals surface area contributed by atoms with E-state index in [0.29, 0.717) is 22.6 Å². The third-order valence-corrected chi connectivity index (χ3v) is 8.35. The van der Waals surface area contributed by atoms with Crippen molar-refractivity contribution in [1.29, 1.82) is 0 Å². The lowest BCUT2D eigenvalue weighted by atomic mass is 9.80. The molecule has 5 rings (SSSR count). The second-order valence-electron chi connectivity index (χ2n) is 12.2. The molecule has 0 spiro atoms. The van der Waals surface area contributed by atoms with Crippen molar-refractivity contribution >= 4 is 5.57 Å². The Hall–Kier alpha value is -4.44. The van der Waals surface area contributed by atoms with E-state index in [1.54, 1.807) is 14.2 Å². The Morgan fingerprint density at radius 2 is 1.44 bits per heavy atom. The van der Waals surface area contributed by atoms with Gasteiger partial charge >= 0.3 is 5.69 Å². The predicted octanol–water partition coefficient (Wildman–Crippen LogP) is 5.27. The average molecular weight is 613 g/mol. The number of aromatic amines is 1. The number of allylic oxidation sites excluding steroid dienone is 1. The van der Waals surface area contributed by atoms with E-state index in [1.165, 1.54) is 10.8 Å². The van der Waals surface area contributed by atoms with Crippen LogP contribution in [0.2, 0.25) is 0 Å². The summed E-state index contributed by atoms with van der Waals surface area (Å²) in [6.07, 6.45) is -0.938. The number of nitrogens with one attached hydrogen (secondary N) is 1. The molecule has 0 bridgehead atoms. The molecule has 3 atom stereocenters. The maximum atomic E-state index is 12.9. The van der Waals surface area contributed by atoms with Crippen LogP contribution in [0.25, 0.3) is 5.57 Å². The maximum absolute atomic E-state index is 12.9. The monoisotopic (exact) mass is 612 g/mol. The Bertz CT molecular complexity index is 1690. The van der Waals surface area contributed by atoms with Gasteiger partial charge in [-0.05, 0) is 51.9 Å². The van der Waals surface area contributed by atoms with Crippen molar-refractivity contribution in [3.8, 4) is 11.5 Å². The number of hydrogen-bond acceptors (Lipinski definition) is 7. The SMILES string of the molecule is C=C(c1cn([C@H]2C[C@H](O)[C@@H](COC(c3ccccc3)(c3ccc(OC)cc3)c3ccc(OC)cc3)O2)c(=O)[nH]c1=O)C(C)(C)C. The molecular formula is C36H40N2O7. The molecule has 1 fully saturated rings. The fraction of sp³-hybridized carbons (Fsp3) is 0.333. The summed E-state index contributed by atoms with van der Waals surface area (Å²) in [5, 5.41) is 11.2. The number of aliphatic hydroxyl groups is 1. The lowest BCUT2D eigenvalue weighted by Gasteiger charge is -2.37. The molecule has 236 valence electrons. The van der Waals surface area contributed by atoms with E-state index in [0.717, 1.165) is 16.7 Å². The van der Waals surface area contributed by atoms with Crippen LogP contribution in [0.15, 0.2) is 101 Å². The lowest BCUT2D eigenvalue weighted by Crippen LogP contribution is -2.38. The van der Waals surface area contributed by atoms with Gasteiger partial charge < -0.3 is 24.1 Å². The number of rotatable bonds is 10. The van der Waals surface area contributed by atoms with Gasteiger partial charge in [-0.3, -0.25) is 14.3 Å². The Kier molecular flexibility index (Phi) is 9.16. The summed E-state index contributed by atoms with van der Waals surface area (Å²) in [7, 11) is 3.23. The Morgan fingerprint density at radius 3 is 1.96 bits per heavy atom. The zero-order valence-corrected chi connectivity index (χ0v) is 26.3. The molecule has 1 aliphatic heterocycles. The van der Waals surface area contributed by atoms with Crippen LogP contribution in [-0.4, -0.2) is 47.7 Å². The number of aromatic nitrogens is 2. The summed E-state index contributed by atoms with van der Waals surface area (Å²) >= 11 is 0. The minimum atomic E-state index is -1.10. The van der Waals surface area contributed by atoms with E-state index in [1.807, 2.05) is 99.6 Å². The molecule has 0 saturated carbocycles. The van der Waals surface area contributed by atoms with Crippen molar-refractivity contribution in [2.45, 2.75) is 51.2 Å². The fourth-order valence-corrected chi connectivity index (χ4v) is 5.64. The summed E-state index contributed by atoms with van der Waals surface area (Å²) in [6.45, 7) is 9.91. The van der Waals surface area contributed by atoms with Gasteiger partial charge in [-0.25, -0.2) is 4.79 Å². The molecular weight excluding hydrogens is 572 g/mol. The van der Waals surface area contributed by atoms with Crippen molar-refractivity contribution in [2.24, 2.45) is 5.41 Å². The molecule has 1 aliphatic rings. The number of aliphatic hydroxyl groups excluding tert-OH is 1. The predicted molar refractivity (Wildman–Crippen MR) is 173 cm³/mol. The quantitative estimate of drug-likeness (QED) is 0.235. The second kappa shape index (κ2) is 12.9. The summed E-state index contributed by atoms with van der Waals surface area (Å²) in [5.74, 6) is 1.40. The standard InChI is InChI=1S/C36H40N2O7/c1-23(35(2,3)4)29-21-38(34(41)37-33(29)40)32-20-30(39)31(45-32)22-44-36(24-10-8-7-9-11-24,25-12-16-27(42-5)17-13-25)26-14-18-28(43-6)19-15-26/h7-19,21,30-32,39H,1,20,22H2,2-6H3,(H,37,40,41)/t30-,31+,32+/m0/s1. The summed E-state index contributed by atoms with van der Waals surface area (Å²) in [4.78, 5) is 28.0. The molecule has 0 aliphatic carbocycles. The van der Waals surface area contributed by atoms with E-state index < -0.39 is 40.7 Å². The first-order valence-electron chi connectivity index (χ1n) is 14.8. The minimum Gasteiger partial charge on any atom is -0.497 e. The first-order chi connectivity index (χ1) is 21.5. The molecule has 2 N–H and O–H groups in total. The van der Waals surface area contributed by atoms with Crippen LogP contribution in [0.4, 0.5) is 0 Å². The molecule has 3 aromatic carbocycles. The zero-order valence-electron chi connectivity index (χ0n) is 26.3. The molecule has 1 saturated heterocycles. The van der Waals surface area contributed by atoms with Gasteiger partial charge in [0.15, 0.2) is 0 Å². The highest BCUT2D eigenvalue weighted by Crippen LogP contribution is 2.43. The van der Waals surface area contributed by atoms with E-state index in [2.05, 4.69) is 11.6 Å². The number of nitrogens with zero attached hydrogens (tertiary/aromatic N) is 1. The van der Waals surface area contributed by atoms with Crippen LogP contribution in [0.3, 0.4) is 0 Å². The number of ether oxygens (including phenoxy) is 4. The third-order valence-electron chi connectivity index (χ3n) is 8.35. The summed E-state index contributed by atoms with van der Waals surface area (Å²) in [6, 6.07) is 25.1. The number of benzene rings is 3. The van der Waals surface area contributed by atoms with Crippen LogP contribution >= 0.6 is 0 Å². The van der Waals surface area contributed by atoms with E-state index in [9.17, 15) is 14.7 Å². The highest BCUT2D eigenvalue weighted by molar-refractivity contribution is 5.66. The smallest absolute Gasteiger partial charge is 0.330 e. The molecule has 9 heteroatoms. The van der Waals surface area contributed by atoms with Gasteiger partial charge in [-0.1, -0.05) is 81.9 Å². The van der Waals surface area contributed by atoms with Gasteiger partial charge in [0.2, 0.25) is 0 Å². The summed E-state index contributed by atoms with van der Waals surface area (Å²) in [5.41, 5.74) is 0.784. The van der Waals surface area contributed by atoms with Crippen molar-refractivity contribution in [2.75, 3.05) is 20.8 Å². The van der Waals surface area contributed by atoms with Gasteiger partial charge in [-0.2, -0.15) is 0 Å². The number of H-pyrrole nitrogens is 1. The van der Waals surface area contributed by atoms with Crippen LogP contribution in [-0.2, 0) is 15.1 Å². The van der Waals surface area contributed by atoms with Crippen molar-refractivity contribution in [1.82, 2.24) is 9.55 Å². The Labute approximate surface area is 262 Å². The average Bonchev–Trinajstić information content (AvgIpc) is 3.41. The van der Waals surface area contributed by atoms with Gasteiger partial charge in [-0.15, -0.1) is 0 Å². The van der Waals surface area contributed by atoms with E-state index in [-0.39, 0.29) is 13.0 Å². The topological polar surface area (TPSA) is 112 Å². The lowest BCUT2D eigenvalue weighted by molar-refractivity contribution is -0.0944. The molecule has 0 amide bonds. The molecule has 45 heavy (non-hydrogen) atoms. The zero-order chi connectivity index (χ0) is 32.4. The maximum Gasteiger partial charge on any atom is 0.330 e. The van der Waals surface area contributed by atoms with Crippen molar-refractivity contribution in [3.63, 3.8) is 0 Å². The normalized spacial score (nSPS) is 18.5. The van der Waals surface area contributed by atoms with Crippen molar-refractivity contribution < 1.29 is 24.1 Å². The van der Waals surface area contributed by atoms with Gasteiger partial charge in [0.25, 0.3) is 5.56 Å². The largest absolute Gasteiger partial charge is 0.497 e. The van der Waals surface area contributed by atoms with Gasteiger partial charge in [0, 0.05) is 12.6 Å². The molecule has 9 nitrogen and oxygen atoms in total. The van der Waals surface area contributed by atoms with E-state index >= 15 is 0 Å². The van der Waals surface area contributed by atoms with E-state index in [4.69, 9.17) is 18.9 Å². The second-order valence-corrected chi connectivity index (χ2v) is 12.2. The number of hydrogen-bond donors (Lipinski definition) is 2. The number of methoxy groups -OCH3 is 2. The Morgan fingerprint density at radius 1 is 0.911 bits per heavy atom. The minimum absolute atomic E-state index is 0.00964. The molecule has 1 aromatic heterocycles. The van der Waals surface area contributed by atoms with Crippen LogP contribution in [0.1, 0.15) is 55.7 Å². The first-order valence-corrected chi connectivity index (χ1v) is 14.8. The van der Waals surface area contributed by atoms with Gasteiger partial charge in [0.1, 0.15) is 29.4 Å². The molecule has 0 radical (unpaired) electrons. The van der Waals surface area contributed by atoms with Crippen LogP contribution in [0, 0.1) is 5.41 Å². The molecule has 4 aromatic rings. The third kappa shape index (κ3) is 6.38. The van der Waals surface area contributed by atoms with Crippen LogP contribution < -0.4 is 20.7 Å². The molecule has 0 unspecified atom stereocenters. The highest BCUT2D eigenvalue weighted by atomic mass is 16.6. The fourth-order valence-electron chi connectivity index (χ4n) is 5.64.